The molecule has 4 N–H and O–H groups in total. The average Bonchev–Trinajstić information content (AvgIpc) is 3.03. The van der Waals surface area contributed by atoms with Crippen LogP contribution in [-0.2, 0) is 17.7 Å². The van der Waals surface area contributed by atoms with Crippen molar-refractivity contribution in [3.05, 3.63) is 41.1 Å². The number of benzene rings is 1. The van der Waals surface area contributed by atoms with Gasteiger partial charge in [-0.2, -0.15) is 0 Å². The van der Waals surface area contributed by atoms with Crippen LogP contribution < -0.4 is 9.47 Å². The molecule has 30 heavy (non-hydrogen) atoms. The SMILES string of the molecule is CCCn1nc(O[C@@H]2O[C@H](CO)[C@@H](O)[C@H](O)[C@H]2O)c(Cc2ccc(OC)cc2)c1C. The second kappa shape index (κ2) is 9.76. The van der Waals surface area contributed by atoms with Crippen molar-refractivity contribution in [1.29, 1.82) is 0 Å². The molecule has 0 radical (unpaired) electrons. The number of aliphatic hydroxyl groups excluding tert-OH is 4. The number of nitrogens with zero attached hydrogens (tertiary/aromatic N) is 2. The van der Waals surface area contributed by atoms with Gasteiger partial charge in [-0.3, -0.25) is 4.68 Å². The van der Waals surface area contributed by atoms with Crippen LogP contribution in [0.2, 0.25) is 0 Å². The highest BCUT2D eigenvalue weighted by Gasteiger charge is 2.45. The third-order valence-electron chi connectivity index (χ3n) is 5.35. The maximum Gasteiger partial charge on any atom is 0.239 e. The van der Waals surface area contributed by atoms with E-state index >= 15 is 0 Å². The van der Waals surface area contributed by atoms with Crippen molar-refractivity contribution < 1.29 is 34.6 Å². The van der Waals surface area contributed by atoms with Crippen molar-refractivity contribution >= 4 is 0 Å². The molecule has 9 heteroatoms. The van der Waals surface area contributed by atoms with Crippen molar-refractivity contribution in [3.8, 4) is 11.6 Å². The third-order valence-corrected chi connectivity index (χ3v) is 5.35. The highest BCUT2D eigenvalue weighted by molar-refractivity contribution is 5.38. The molecular weight excluding hydrogens is 392 g/mol. The van der Waals surface area contributed by atoms with Crippen LogP contribution in [0.1, 0.15) is 30.2 Å². The molecular formula is C21H30N2O7. The lowest BCUT2D eigenvalue weighted by Gasteiger charge is -2.39. The van der Waals surface area contributed by atoms with E-state index in [-0.39, 0.29) is 5.88 Å². The van der Waals surface area contributed by atoms with Crippen molar-refractivity contribution in [3.63, 3.8) is 0 Å². The second-order valence-corrected chi connectivity index (χ2v) is 7.43. The van der Waals surface area contributed by atoms with E-state index in [2.05, 4.69) is 5.10 Å². The van der Waals surface area contributed by atoms with Crippen LogP contribution in [0.3, 0.4) is 0 Å². The van der Waals surface area contributed by atoms with Gasteiger partial charge >= 0.3 is 0 Å². The number of ether oxygens (including phenoxy) is 3. The van der Waals surface area contributed by atoms with E-state index in [0.717, 1.165) is 29.0 Å². The van der Waals surface area contributed by atoms with Gasteiger partial charge in [0.1, 0.15) is 30.2 Å². The minimum Gasteiger partial charge on any atom is -0.497 e. The number of methoxy groups -OCH3 is 1. The third kappa shape index (κ3) is 4.60. The van der Waals surface area contributed by atoms with Crippen molar-refractivity contribution in [2.45, 2.75) is 63.9 Å². The molecule has 9 nitrogen and oxygen atoms in total. The normalized spacial score (nSPS) is 26.6. The fraction of sp³-hybridized carbons (Fsp3) is 0.571. The van der Waals surface area contributed by atoms with Crippen molar-refractivity contribution in [2.75, 3.05) is 13.7 Å². The zero-order chi connectivity index (χ0) is 21.8. The van der Waals surface area contributed by atoms with E-state index in [1.807, 2.05) is 42.8 Å². The standard InChI is InChI=1S/C21H30N2O7/c1-4-9-23-12(2)15(10-13-5-7-14(28-3)8-6-13)20(22-23)30-21-19(27)18(26)17(25)16(11-24)29-21/h5-8,16-19,21,24-27H,4,9-11H2,1-3H3/t16-,17-,18+,19-,21+/m1/s1. The predicted octanol–water partition coefficient (Wildman–Crippen LogP) is 0.380. The molecule has 2 aromatic rings. The molecule has 0 amide bonds. The molecule has 1 aliphatic rings. The molecule has 166 valence electrons. The molecule has 1 fully saturated rings. The molecule has 2 heterocycles. The van der Waals surface area contributed by atoms with Crippen LogP contribution in [0.4, 0.5) is 0 Å². The molecule has 0 aliphatic carbocycles. The minimum atomic E-state index is -1.51. The topological polar surface area (TPSA) is 126 Å². The van der Waals surface area contributed by atoms with Gasteiger partial charge in [-0.1, -0.05) is 19.1 Å². The molecule has 5 atom stereocenters. The van der Waals surface area contributed by atoms with Gasteiger partial charge < -0.3 is 34.6 Å². The summed E-state index contributed by atoms with van der Waals surface area (Å²) >= 11 is 0. The Hall–Kier alpha value is -2.17. The van der Waals surface area contributed by atoms with Gasteiger partial charge in [0.25, 0.3) is 0 Å². The van der Waals surface area contributed by atoms with E-state index in [9.17, 15) is 20.4 Å². The van der Waals surface area contributed by atoms with Gasteiger partial charge in [0.15, 0.2) is 0 Å². The Morgan fingerprint density at radius 2 is 1.80 bits per heavy atom. The molecule has 1 saturated heterocycles. The van der Waals surface area contributed by atoms with Gasteiger partial charge in [0, 0.05) is 24.2 Å². The number of aryl methyl sites for hydroxylation is 1. The van der Waals surface area contributed by atoms with Gasteiger partial charge in [0.05, 0.1) is 13.7 Å². The number of hydrogen-bond donors (Lipinski definition) is 4. The van der Waals surface area contributed by atoms with E-state index in [0.29, 0.717) is 13.0 Å². The quantitative estimate of drug-likeness (QED) is 0.481. The molecule has 1 aromatic carbocycles. The van der Waals surface area contributed by atoms with E-state index in [4.69, 9.17) is 14.2 Å². The monoisotopic (exact) mass is 422 g/mol. The lowest BCUT2D eigenvalue weighted by molar-refractivity contribution is -0.278. The number of aliphatic hydroxyl groups is 4. The average molecular weight is 422 g/mol. The largest absolute Gasteiger partial charge is 0.497 e. The summed E-state index contributed by atoms with van der Waals surface area (Å²) in [6, 6.07) is 7.65. The highest BCUT2D eigenvalue weighted by Crippen LogP contribution is 2.29. The van der Waals surface area contributed by atoms with Crippen LogP contribution in [0.5, 0.6) is 11.6 Å². The summed E-state index contributed by atoms with van der Waals surface area (Å²) in [6.45, 7) is 4.16. The number of rotatable bonds is 8. The molecule has 1 aromatic heterocycles. The maximum absolute atomic E-state index is 10.3. The minimum absolute atomic E-state index is 0.279. The summed E-state index contributed by atoms with van der Waals surface area (Å²) in [5, 5.41) is 44.2. The summed E-state index contributed by atoms with van der Waals surface area (Å²) in [5.41, 5.74) is 2.77. The van der Waals surface area contributed by atoms with E-state index in [1.165, 1.54) is 0 Å². The Morgan fingerprint density at radius 1 is 1.10 bits per heavy atom. The van der Waals surface area contributed by atoms with Crippen LogP contribution in [0.15, 0.2) is 24.3 Å². The molecule has 3 rings (SSSR count). The first kappa shape index (κ1) is 22.5. The lowest BCUT2D eigenvalue weighted by Crippen LogP contribution is -2.60. The maximum atomic E-state index is 10.3. The Bertz CT molecular complexity index is 822. The highest BCUT2D eigenvalue weighted by atomic mass is 16.7. The second-order valence-electron chi connectivity index (χ2n) is 7.43. The Labute approximate surface area is 175 Å². The Balaban J connectivity index is 1.88. The van der Waals surface area contributed by atoms with Crippen LogP contribution in [0, 0.1) is 6.92 Å². The first-order valence-corrected chi connectivity index (χ1v) is 10.1. The summed E-state index contributed by atoms with van der Waals surface area (Å²) in [5.74, 6) is 1.04. The van der Waals surface area contributed by atoms with Gasteiger partial charge in [-0.05, 0) is 31.0 Å². The van der Waals surface area contributed by atoms with Gasteiger partial charge in [-0.25, -0.2) is 0 Å². The van der Waals surface area contributed by atoms with Crippen molar-refractivity contribution in [1.82, 2.24) is 9.78 Å². The fourth-order valence-electron chi connectivity index (χ4n) is 3.51. The zero-order valence-electron chi connectivity index (χ0n) is 17.4. The molecule has 0 saturated carbocycles. The summed E-state index contributed by atoms with van der Waals surface area (Å²) < 4.78 is 18.4. The molecule has 1 aliphatic heterocycles. The smallest absolute Gasteiger partial charge is 0.239 e. The van der Waals surface area contributed by atoms with Crippen LogP contribution >= 0.6 is 0 Å². The predicted molar refractivity (Wildman–Crippen MR) is 107 cm³/mol. The number of aromatic nitrogens is 2. The zero-order valence-corrected chi connectivity index (χ0v) is 17.4. The first-order chi connectivity index (χ1) is 14.4. The summed E-state index contributed by atoms with van der Waals surface area (Å²) in [4.78, 5) is 0. The summed E-state index contributed by atoms with van der Waals surface area (Å²) in [7, 11) is 1.61. The lowest BCUT2D eigenvalue weighted by atomic mass is 9.99. The van der Waals surface area contributed by atoms with Crippen LogP contribution in [-0.4, -0.2) is 74.6 Å². The van der Waals surface area contributed by atoms with Gasteiger partial charge in [-0.15, -0.1) is 5.10 Å². The first-order valence-electron chi connectivity index (χ1n) is 10.1. The van der Waals surface area contributed by atoms with E-state index < -0.39 is 37.3 Å². The molecule has 0 unspecified atom stereocenters. The van der Waals surface area contributed by atoms with E-state index in [1.54, 1.807) is 7.11 Å². The molecule has 0 spiro atoms. The van der Waals surface area contributed by atoms with Crippen molar-refractivity contribution in [2.24, 2.45) is 0 Å². The molecule has 0 bridgehead atoms. The van der Waals surface area contributed by atoms with Gasteiger partial charge in [0.2, 0.25) is 12.2 Å². The summed E-state index contributed by atoms with van der Waals surface area (Å²) in [6.07, 6.45) is -5.35. The number of hydrogen-bond acceptors (Lipinski definition) is 8. The van der Waals surface area contributed by atoms with Crippen LogP contribution in [0.25, 0.3) is 0 Å². The Morgan fingerprint density at radius 3 is 2.40 bits per heavy atom. The fourth-order valence-corrected chi connectivity index (χ4v) is 3.51. The Kier molecular flexibility index (Phi) is 7.32.